The average Bonchev–Trinajstić information content (AvgIpc) is 2.85. The first kappa shape index (κ1) is 14.5. The minimum Gasteiger partial charge on any atom is -0.356 e. The first-order chi connectivity index (χ1) is 9.63. The zero-order valence-electron chi connectivity index (χ0n) is 12.0. The molecule has 110 valence electrons. The number of aryl methyl sites for hydroxylation is 1. The van der Waals surface area contributed by atoms with Crippen LogP contribution < -0.4 is 5.32 Å². The van der Waals surface area contributed by atoms with Crippen LogP contribution in [0, 0.1) is 0 Å². The molecule has 1 fully saturated rings. The van der Waals surface area contributed by atoms with Crippen molar-refractivity contribution in [3.63, 3.8) is 0 Å². The van der Waals surface area contributed by atoms with Gasteiger partial charge in [-0.1, -0.05) is 5.21 Å². The van der Waals surface area contributed by atoms with E-state index in [2.05, 4.69) is 15.6 Å². The van der Waals surface area contributed by atoms with Crippen LogP contribution in [-0.4, -0.2) is 50.8 Å². The summed E-state index contributed by atoms with van der Waals surface area (Å²) in [5.41, 5.74) is 0.466. The van der Waals surface area contributed by atoms with Crippen LogP contribution in [0.1, 0.15) is 43.1 Å². The van der Waals surface area contributed by atoms with Crippen molar-refractivity contribution in [2.45, 2.75) is 38.6 Å². The van der Waals surface area contributed by atoms with Gasteiger partial charge in [0.2, 0.25) is 5.91 Å². The number of nitrogens with one attached hydrogen (secondary N) is 1. The standard InChI is InChI=1S/C13H21N5O2/c1-3-14-12(19)8-10-6-4-5-7-18(10)13(20)11-9-15-16-17(11)2/h9-10H,3-8H2,1-2H3,(H,14,19). The number of likely N-dealkylation sites (tertiary alicyclic amines) is 1. The summed E-state index contributed by atoms with van der Waals surface area (Å²) in [4.78, 5) is 26.1. The van der Waals surface area contributed by atoms with E-state index in [4.69, 9.17) is 0 Å². The van der Waals surface area contributed by atoms with Gasteiger partial charge < -0.3 is 10.2 Å². The number of aromatic nitrogens is 3. The number of carbonyl (C=O) groups is 2. The normalized spacial score (nSPS) is 18.9. The number of piperidine rings is 1. The van der Waals surface area contributed by atoms with E-state index in [9.17, 15) is 9.59 Å². The van der Waals surface area contributed by atoms with E-state index in [1.54, 1.807) is 11.9 Å². The lowest BCUT2D eigenvalue weighted by Crippen LogP contribution is -2.46. The summed E-state index contributed by atoms with van der Waals surface area (Å²) >= 11 is 0. The molecule has 2 rings (SSSR count). The van der Waals surface area contributed by atoms with E-state index in [1.807, 2.05) is 6.92 Å². The topological polar surface area (TPSA) is 80.1 Å². The lowest BCUT2D eigenvalue weighted by Gasteiger charge is -2.35. The molecule has 0 saturated carbocycles. The third-order valence-electron chi connectivity index (χ3n) is 3.62. The van der Waals surface area contributed by atoms with E-state index >= 15 is 0 Å². The Kier molecular flexibility index (Phi) is 4.70. The molecule has 0 aromatic carbocycles. The quantitative estimate of drug-likeness (QED) is 0.861. The van der Waals surface area contributed by atoms with Crippen molar-refractivity contribution >= 4 is 11.8 Å². The molecule has 1 atom stereocenters. The number of rotatable bonds is 4. The molecule has 20 heavy (non-hydrogen) atoms. The van der Waals surface area contributed by atoms with Crippen LogP contribution in [-0.2, 0) is 11.8 Å². The number of amides is 2. The molecule has 0 spiro atoms. The molecule has 1 aromatic heterocycles. The van der Waals surface area contributed by atoms with Crippen LogP contribution in [0.15, 0.2) is 6.20 Å². The Morgan fingerprint density at radius 1 is 1.45 bits per heavy atom. The highest BCUT2D eigenvalue weighted by Crippen LogP contribution is 2.21. The van der Waals surface area contributed by atoms with Gasteiger partial charge in [0.25, 0.3) is 5.91 Å². The van der Waals surface area contributed by atoms with Gasteiger partial charge in [-0.15, -0.1) is 5.10 Å². The van der Waals surface area contributed by atoms with Crippen molar-refractivity contribution < 1.29 is 9.59 Å². The molecular formula is C13H21N5O2. The Hall–Kier alpha value is -1.92. The lowest BCUT2D eigenvalue weighted by atomic mass is 9.98. The molecule has 7 heteroatoms. The van der Waals surface area contributed by atoms with Crippen molar-refractivity contribution in [1.29, 1.82) is 0 Å². The van der Waals surface area contributed by atoms with Gasteiger partial charge in [0.05, 0.1) is 6.20 Å². The largest absolute Gasteiger partial charge is 0.356 e. The summed E-state index contributed by atoms with van der Waals surface area (Å²) in [5.74, 6) is -0.0909. The minimum atomic E-state index is -0.0912. The van der Waals surface area contributed by atoms with Crippen LogP contribution in [0.4, 0.5) is 0 Å². The molecule has 1 aliphatic heterocycles. The molecule has 7 nitrogen and oxygen atoms in total. The maximum Gasteiger partial charge on any atom is 0.274 e. The molecule has 1 N–H and O–H groups in total. The van der Waals surface area contributed by atoms with Crippen LogP contribution in [0.3, 0.4) is 0 Å². The Morgan fingerprint density at radius 2 is 2.25 bits per heavy atom. The predicted octanol–water partition coefficient (Wildman–Crippen LogP) is 0.336. The van der Waals surface area contributed by atoms with Gasteiger partial charge in [-0.25, -0.2) is 4.68 Å². The number of hydrogen-bond donors (Lipinski definition) is 1. The summed E-state index contributed by atoms with van der Waals surface area (Å²) in [6.45, 7) is 3.20. The Balaban J connectivity index is 2.08. The molecule has 0 bridgehead atoms. The van der Waals surface area contributed by atoms with E-state index in [1.165, 1.54) is 10.9 Å². The van der Waals surface area contributed by atoms with Crippen LogP contribution in [0.5, 0.6) is 0 Å². The van der Waals surface area contributed by atoms with E-state index < -0.39 is 0 Å². The van der Waals surface area contributed by atoms with E-state index in [0.717, 1.165) is 19.3 Å². The van der Waals surface area contributed by atoms with Gasteiger partial charge in [-0.3, -0.25) is 9.59 Å². The monoisotopic (exact) mass is 279 g/mol. The van der Waals surface area contributed by atoms with Crippen molar-refractivity contribution in [2.24, 2.45) is 7.05 Å². The Bertz CT molecular complexity index is 485. The molecule has 1 saturated heterocycles. The summed E-state index contributed by atoms with van der Waals surface area (Å²) < 4.78 is 1.47. The van der Waals surface area contributed by atoms with Gasteiger partial charge in [0.1, 0.15) is 5.69 Å². The highest BCUT2D eigenvalue weighted by Gasteiger charge is 2.30. The minimum absolute atomic E-state index is 0.000307. The second kappa shape index (κ2) is 6.49. The summed E-state index contributed by atoms with van der Waals surface area (Å²) in [5, 5.41) is 10.3. The fourth-order valence-corrected chi connectivity index (χ4v) is 2.59. The van der Waals surface area contributed by atoms with Gasteiger partial charge >= 0.3 is 0 Å². The molecule has 1 unspecified atom stereocenters. The molecule has 2 heterocycles. The van der Waals surface area contributed by atoms with Gasteiger partial charge in [0, 0.05) is 32.6 Å². The predicted molar refractivity (Wildman–Crippen MR) is 73.0 cm³/mol. The number of nitrogens with zero attached hydrogens (tertiary/aromatic N) is 4. The SMILES string of the molecule is CCNC(=O)CC1CCCCN1C(=O)c1cnnn1C. The molecule has 1 aromatic rings. The van der Waals surface area contributed by atoms with Gasteiger partial charge in [-0.2, -0.15) is 0 Å². The third kappa shape index (κ3) is 3.15. The first-order valence-corrected chi connectivity index (χ1v) is 7.05. The zero-order valence-corrected chi connectivity index (χ0v) is 12.0. The smallest absolute Gasteiger partial charge is 0.274 e. The Labute approximate surface area is 118 Å². The molecule has 2 amide bonds. The zero-order chi connectivity index (χ0) is 14.5. The molecular weight excluding hydrogens is 258 g/mol. The number of hydrogen-bond acceptors (Lipinski definition) is 4. The van der Waals surface area contributed by atoms with Crippen molar-refractivity contribution in [3.8, 4) is 0 Å². The number of carbonyl (C=O) groups excluding carboxylic acids is 2. The highest BCUT2D eigenvalue weighted by atomic mass is 16.2. The van der Waals surface area contributed by atoms with Crippen molar-refractivity contribution in [3.05, 3.63) is 11.9 Å². The van der Waals surface area contributed by atoms with E-state index in [0.29, 0.717) is 25.2 Å². The van der Waals surface area contributed by atoms with Crippen LogP contribution >= 0.6 is 0 Å². The molecule has 1 aliphatic rings. The third-order valence-corrected chi connectivity index (χ3v) is 3.62. The van der Waals surface area contributed by atoms with Gasteiger partial charge in [0.15, 0.2) is 0 Å². The summed E-state index contributed by atoms with van der Waals surface area (Å²) in [7, 11) is 1.70. The Morgan fingerprint density at radius 3 is 2.90 bits per heavy atom. The maximum atomic E-state index is 12.5. The first-order valence-electron chi connectivity index (χ1n) is 7.05. The summed E-state index contributed by atoms with van der Waals surface area (Å²) in [6.07, 6.45) is 4.74. The fourth-order valence-electron chi connectivity index (χ4n) is 2.59. The second-order valence-electron chi connectivity index (χ2n) is 5.05. The highest BCUT2D eigenvalue weighted by molar-refractivity contribution is 5.93. The van der Waals surface area contributed by atoms with Crippen molar-refractivity contribution in [1.82, 2.24) is 25.2 Å². The van der Waals surface area contributed by atoms with Crippen LogP contribution in [0.25, 0.3) is 0 Å². The fraction of sp³-hybridized carbons (Fsp3) is 0.692. The second-order valence-corrected chi connectivity index (χ2v) is 5.05. The average molecular weight is 279 g/mol. The maximum absolute atomic E-state index is 12.5. The van der Waals surface area contributed by atoms with Crippen molar-refractivity contribution in [2.75, 3.05) is 13.1 Å². The van der Waals surface area contributed by atoms with Gasteiger partial charge in [-0.05, 0) is 26.2 Å². The lowest BCUT2D eigenvalue weighted by molar-refractivity contribution is -0.122. The molecule has 0 aliphatic carbocycles. The molecule has 0 radical (unpaired) electrons. The summed E-state index contributed by atoms with van der Waals surface area (Å²) in [6, 6.07) is -0.0299. The van der Waals surface area contributed by atoms with Crippen LogP contribution in [0.2, 0.25) is 0 Å². The van der Waals surface area contributed by atoms with E-state index in [-0.39, 0.29) is 17.9 Å².